The second kappa shape index (κ2) is 4.69. The number of rotatable bonds is 3. The van der Waals surface area contributed by atoms with Crippen LogP contribution in [0.1, 0.15) is 56.8 Å². The van der Waals surface area contributed by atoms with Gasteiger partial charge < -0.3 is 9.84 Å². The van der Waals surface area contributed by atoms with Gasteiger partial charge in [-0.3, -0.25) is 0 Å². The molecule has 17 heavy (non-hydrogen) atoms. The predicted molar refractivity (Wildman–Crippen MR) is 69.3 cm³/mol. The van der Waals surface area contributed by atoms with Gasteiger partial charge in [0.25, 0.3) is 0 Å². The van der Waals surface area contributed by atoms with Gasteiger partial charge in [-0.25, -0.2) is 0 Å². The first kappa shape index (κ1) is 12.4. The fraction of sp³-hybridized carbons (Fsp3) is 0.600. The van der Waals surface area contributed by atoms with Crippen LogP contribution in [0.3, 0.4) is 0 Å². The van der Waals surface area contributed by atoms with E-state index >= 15 is 0 Å². The average molecular weight is 234 g/mol. The Hall–Kier alpha value is -1.02. The highest BCUT2D eigenvalue weighted by molar-refractivity contribution is 5.40. The molecule has 0 aliphatic carbocycles. The van der Waals surface area contributed by atoms with Crippen LogP contribution in [0.5, 0.6) is 5.75 Å². The van der Waals surface area contributed by atoms with Crippen LogP contribution >= 0.6 is 0 Å². The van der Waals surface area contributed by atoms with Crippen molar-refractivity contribution in [1.82, 2.24) is 0 Å². The normalized spacial score (nSPS) is 27.4. The number of aliphatic hydroxyl groups is 1. The lowest BCUT2D eigenvalue weighted by Gasteiger charge is -2.40. The number of benzene rings is 1. The van der Waals surface area contributed by atoms with Crippen molar-refractivity contribution < 1.29 is 9.84 Å². The summed E-state index contributed by atoms with van der Waals surface area (Å²) in [5.74, 6) is 0.865. The van der Waals surface area contributed by atoms with Crippen LogP contribution in [-0.2, 0) is 0 Å². The molecule has 2 atom stereocenters. The quantitative estimate of drug-likeness (QED) is 0.863. The van der Waals surface area contributed by atoms with Gasteiger partial charge in [0.1, 0.15) is 11.4 Å². The van der Waals surface area contributed by atoms with Crippen molar-refractivity contribution in [2.24, 2.45) is 0 Å². The Kier molecular flexibility index (Phi) is 3.43. The summed E-state index contributed by atoms with van der Waals surface area (Å²) in [7, 11) is 0. The van der Waals surface area contributed by atoms with E-state index < -0.39 is 0 Å². The third kappa shape index (κ3) is 2.32. The summed E-state index contributed by atoms with van der Waals surface area (Å²) in [4.78, 5) is 0. The van der Waals surface area contributed by atoms with Crippen LogP contribution in [0.4, 0.5) is 0 Å². The highest BCUT2D eigenvalue weighted by atomic mass is 16.5. The summed E-state index contributed by atoms with van der Waals surface area (Å²) in [5, 5.41) is 10.3. The van der Waals surface area contributed by atoms with Gasteiger partial charge >= 0.3 is 0 Å². The third-order valence-corrected chi connectivity index (χ3v) is 3.77. The largest absolute Gasteiger partial charge is 0.487 e. The number of hydrogen-bond donors (Lipinski definition) is 1. The van der Waals surface area contributed by atoms with E-state index in [4.69, 9.17) is 4.74 Å². The average Bonchev–Trinajstić information content (AvgIpc) is 2.31. The lowest BCUT2D eigenvalue weighted by atomic mass is 9.83. The molecular formula is C15H22O2. The summed E-state index contributed by atoms with van der Waals surface area (Å²) in [6.45, 7) is 6.35. The Morgan fingerprint density at radius 2 is 2.18 bits per heavy atom. The number of fused-ring (bicyclic) bond motifs is 1. The Morgan fingerprint density at radius 1 is 1.41 bits per heavy atom. The topological polar surface area (TPSA) is 29.5 Å². The molecule has 0 bridgehead atoms. The van der Waals surface area contributed by atoms with E-state index in [0.717, 1.165) is 30.6 Å². The maximum absolute atomic E-state index is 10.3. The van der Waals surface area contributed by atoms with Crippen molar-refractivity contribution in [2.45, 2.75) is 58.2 Å². The third-order valence-electron chi connectivity index (χ3n) is 3.77. The second-order valence-electron chi connectivity index (χ2n) is 5.15. The maximum Gasteiger partial charge on any atom is 0.125 e. The molecule has 2 nitrogen and oxygen atoms in total. The smallest absolute Gasteiger partial charge is 0.125 e. The number of ether oxygens (including phenoxy) is 1. The number of aliphatic hydroxyl groups excluding tert-OH is 1. The molecule has 1 aromatic carbocycles. The zero-order valence-corrected chi connectivity index (χ0v) is 11.0. The van der Waals surface area contributed by atoms with Gasteiger partial charge in [-0.2, -0.15) is 0 Å². The van der Waals surface area contributed by atoms with Crippen LogP contribution in [0, 0.1) is 6.92 Å². The molecule has 2 rings (SSSR count). The van der Waals surface area contributed by atoms with Gasteiger partial charge in [-0.1, -0.05) is 31.9 Å². The molecule has 0 aromatic heterocycles. The first-order valence-electron chi connectivity index (χ1n) is 6.58. The molecule has 1 heterocycles. The zero-order valence-electron chi connectivity index (χ0n) is 11.0. The summed E-state index contributed by atoms with van der Waals surface area (Å²) < 4.78 is 6.17. The van der Waals surface area contributed by atoms with Crippen molar-refractivity contribution in [3.05, 3.63) is 29.3 Å². The molecular weight excluding hydrogens is 212 g/mol. The van der Waals surface area contributed by atoms with E-state index in [-0.39, 0.29) is 11.7 Å². The van der Waals surface area contributed by atoms with Crippen molar-refractivity contribution >= 4 is 0 Å². The molecule has 2 heteroatoms. The highest BCUT2D eigenvalue weighted by Crippen LogP contribution is 2.43. The van der Waals surface area contributed by atoms with Gasteiger partial charge in [0.05, 0.1) is 6.10 Å². The zero-order chi connectivity index (χ0) is 12.5. The highest BCUT2D eigenvalue weighted by Gasteiger charge is 2.38. The Bertz CT molecular complexity index is 400. The van der Waals surface area contributed by atoms with E-state index in [1.54, 1.807) is 0 Å². The van der Waals surface area contributed by atoms with Gasteiger partial charge in [0.2, 0.25) is 0 Å². The van der Waals surface area contributed by atoms with Gasteiger partial charge in [-0.15, -0.1) is 0 Å². The lowest BCUT2D eigenvalue weighted by molar-refractivity contribution is -0.0232. The van der Waals surface area contributed by atoms with Crippen LogP contribution < -0.4 is 4.74 Å². The number of aryl methyl sites for hydroxylation is 1. The van der Waals surface area contributed by atoms with Crippen LogP contribution in [0.25, 0.3) is 0 Å². The lowest BCUT2D eigenvalue weighted by Crippen LogP contribution is -2.40. The summed E-state index contributed by atoms with van der Waals surface area (Å²) in [6, 6.07) is 6.07. The van der Waals surface area contributed by atoms with E-state index in [9.17, 15) is 5.11 Å². The van der Waals surface area contributed by atoms with Crippen molar-refractivity contribution in [3.8, 4) is 5.75 Å². The Balaban J connectivity index is 2.35. The molecule has 0 radical (unpaired) electrons. The standard InChI is InChI=1S/C15H22O2/c1-4-8-15(5-2)10-13(16)12-9-11(3)6-7-14(12)17-15/h6-7,9,13,16H,4-5,8,10H2,1-3H3. The van der Waals surface area contributed by atoms with Crippen molar-refractivity contribution in [2.75, 3.05) is 0 Å². The molecule has 1 aliphatic rings. The minimum atomic E-state index is -0.384. The van der Waals surface area contributed by atoms with Crippen LogP contribution in [0.2, 0.25) is 0 Å². The Labute approximate surface area is 104 Å². The summed E-state index contributed by atoms with van der Waals surface area (Å²) >= 11 is 0. The number of hydrogen-bond acceptors (Lipinski definition) is 2. The van der Waals surface area contributed by atoms with Gasteiger partial charge in [-0.05, 0) is 31.9 Å². The van der Waals surface area contributed by atoms with Gasteiger partial charge in [0.15, 0.2) is 0 Å². The van der Waals surface area contributed by atoms with E-state index in [0.29, 0.717) is 6.42 Å². The molecule has 1 aromatic rings. The SMILES string of the molecule is CCCC1(CC)CC(O)c2cc(C)ccc2O1. The van der Waals surface area contributed by atoms with Crippen LogP contribution in [0.15, 0.2) is 18.2 Å². The monoisotopic (exact) mass is 234 g/mol. The molecule has 0 saturated heterocycles. The maximum atomic E-state index is 10.3. The van der Waals surface area contributed by atoms with E-state index in [1.807, 2.05) is 25.1 Å². The molecule has 0 amide bonds. The minimum Gasteiger partial charge on any atom is -0.487 e. The van der Waals surface area contributed by atoms with Crippen molar-refractivity contribution in [1.29, 1.82) is 0 Å². The Morgan fingerprint density at radius 3 is 2.82 bits per heavy atom. The molecule has 1 aliphatic heterocycles. The molecule has 1 N–H and O–H groups in total. The molecule has 0 spiro atoms. The van der Waals surface area contributed by atoms with Crippen LogP contribution in [-0.4, -0.2) is 10.7 Å². The van der Waals surface area contributed by atoms with E-state index in [1.165, 1.54) is 5.56 Å². The fourth-order valence-corrected chi connectivity index (χ4v) is 2.76. The summed E-state index contributed by atoms with van der Waals surface area (Å²) in [6.07, 6.45) is 3.37. The first-order valence-corrected chi connectivity index (χ1v) is 6.58. The van der Waals surface area contributed by atoms with Crippen molar-refractivity contribution in [3.63, 3.8) is 0 Å². The predicted octanol–water partition coefficient (Wildman–Crippen LogP) is 3.76. The fourth-order valence-electron chi connectivity index (χ4n) is 2.76. The first-order chi connectivity index (χ1) is 8.10. The molecule has 0 fully saturated rings. The van der Waals surface area contributed by atoms with Gasteiger partial charge in [0, 0.05) is 12.0 Å². The molecule has 2 unspecified atom stereocenters. The van der Waals surface area contributed by atoms with E-state index in [2.05, 4.69) is 13.8 Å². The summed E-state index contributed by atoms with van der Waals surface area (Å²) in [5.41, 5.74) is 1.95. The second-order valence-corrected chi connectivity index (χ2v) is 5.15. The molecule has 94 valence electrons. The minimum absolute atomic E-state index is 0.170. The molecule has 0 saturated carbocycles.